The second-order valence-electron chi connectivity index (χ2n) is 3.05. The van der Waals surface area contributed by atoms with Gasteiger partial charge in [-0.3, -0.25) is 4.79 Å². The predicted octanol–water partition coefficient (Wildman–Crippen LogP) is 2.60. The van der Waals surface area contributed by atoms with Crippen LogP contribution in [0.1, 0.15) is 11.3 Å². The molecule has 0 radical (unpaired) electrons. The molecule has 0 aliphatic rings. The van der Waals surface area contributed by atoms with Crippen LogP contribution in [0, 0.1) is 6.92 Å². The van der Waals surface area contributed by atoms with Crippen LogP contribution in [0.4, 0.5) is 26.3 Å². The summed E-state index contributed by atoms with van der Waals surface area (Å²) in [5.41, 5.74) is -3.39. The van der Waals surface area contributed by atoms with Gasteiger partial charge in [-0.2, -0.15) is 13.2 Å². The summed E-state index contributed by atoms with van der Waals surface area (Å²) in [6, 6.07) is 0.165. The molecule has 0 atom stereocenters. The van der Waals surface area contributed by atoms with E-state index in [1.165, 1.54) is 4.98 Å². The standard InChI is InChI=1S/C8H5F6NO2/c1-3-4(16)2-5(7(9,10)11)15-6(3)17-8(12,13)14/h2H,1H3,(H,15,16). The van der Waals surface area contributed by atoms with Crippen LogP contribution in [-0.2, 0) is 6.18 Å². The Morgan fingerprint density at radius 1 is 1.18 bits per heavy atom. The Labute approximate surface area is 90.0 Å². The summed E-state index contributed by atoms with van der Waals surface area (Å²) >= 11 is 0. The zero-order chi connectivity index (χ0) is 13.4. The summed E-state index contributed by atoms with van der Waals surface area (Å²) in [4.78, 5) is 12.4. The molecule has 0 spiro atoms. The van der Waals surface area contributed by atoms with Crippen molar-refractivity contribution < 1.29 is 31.1 Å². The smallest absolute Gasteiger partial charge is 0.389 e. The summed E-state index contributed by atoms with van der Waals surface area (Å²) in [6.45, 7) is 0.917. The third-order valence-electron chi connectivity index (χ3n) is 1.76. The van der Waals surface area contributed by atoms with E-state index in [9.17, 15) is 31.1 Å². The second-order valence-corrected chi connectivity index (χ2v) is 3.05. The van der Waals surface area contributed by atoms with E-state index in [1.54, 1.807) is 0 Å². The van der Waals surface area contributed by atoms with Gasteiger partial charge in [0.1, 0.15) is 5.69 Å². The maximum absolute atomic E-state index is 12.2. The second kappa shape index (κ2) is 3.97. The quantitative estimate of drug-likeness (QED) is 0.789. The highest BCUT2D eigenvalue weighted by Crippen LogP contribution is 2.30. The van der Waals surface area contributed by atoms with Gasteiger partial charge < -0.3 is 9.72 Å². The first-order chi connectivity index (χ1) is 7.50. The normalized spacial score (nSPS) is 12.6. The largest absolute Gasteiger partial charge is 0.574 e. The third kappa shape index (κ3) is 3.40. The number of aromatic amines is 1. The van der Waals surface area contributed by atoms with Crippen molar-refractivity contribution in [3.05, 3.63) is 27.5 Å². The van der Waals surface area contributed by atoms with E-state index in [0.717, 1.165) is 6.92 Å². The summed E-state index contributed by atoms with van der Waals surface area (Å²) in [5, 5.41) is 0. The van der Waals surface area contributed by atoms with Gasteiger partial charge in [-0.15, -0.1) is 13.2 Å². The molecule has 1 N–H and O–H groups in total. The van der Waals surface area contributed by atoms with Crippen molar-refractivity contribution in [3.63, 3.8) is 0 Å². The van der Waals surface area contributed by atoms with Gasteiger partial charge >= 0.3 is 12.5 Å². The van der Waals surface area contributed by atoms with Crippen molar-refractivity contribution in [1.82, 2.24) is 4.98 Å². The van der Waals surface area contributed by atoms with Gasteiger partial charge in [0.15, 0.2) is 5.43 Å². The van der Waals surface area contributed by atoms with E-state index in [2.05, 4.69) is 4.74 Å². The first kappa shape index (κ1) is 13.4. The summed E-state index contributed by atoms with van der Waals surface area (Å²) in [6.07, 6.45) is -10.1. The monoisotopic (exact) mass is 261 g/mol. The van der Waals surface area contributed by atoms with Crippen LogP contribution < -0.4 is 10.2 Å². The van der Waals surface area contributed by atoms with Gasteiger partial charge in [-0.1, -0.05) is 0 Å². The number of ether oxygens (including phenoxy) is 1. The number of nitrogens with one attached hydrogen (secondary N) is 1. The number of hydrogen-bond donors (Lipinski definition) is 1. The molecule has 96 valence electrons. The van der Waals surface area contributed by atoms with Crippen molar-refractivity contribution >= 4 is 0 Å². The lowest BCUT2D eigenvalue weighted by Crippen LogP contribution is -2.23. The van der Waals surface area contributed by atoms with Crippen molar-refractivity contribution in [1.29, 1.82) is 0 Å². The number of pyridine rings is 1. The Morgan fingerprint density at radius 2 is 1.71 bits per heavy atom. The molecule has 1 rings (SSSR count). The van der Waals surface area contributed by atoms with Crippen molar-refractivity contribution in [2.24, 2.45) is 0 Å². The SMILES string of the molecule is Cc1c(OC(F)(F)F)[nH]c(C(F)(F)F)cc1=O. The minimum Gasteiger partial charge on any atom is -0.389 e. The third-order valence-corrected chi connectivity index (χ3v) is 1.76. The molecule has 0 aromatic carbocycles. The van der Waals surface area contributed by atoms with Crippen LogP contribution in [0.15, 0.2) is 10.9 Å². The van der Waals surface area contributed by atoms with E-state index in [1.807, 2.05) is 0 Å². The Hall–Kier alpha value is -1.67. The highest BCUT2D eigenvalue weighted by Gasteiger charge is 2.36. The summed E-state index contributed by atoms with van der Waals surface area (Å²) in [7, 11) is 0. The van der Waals surface area contributed by atoms with Gasteiger partial charge in [0.05, 0.1) is 5.56 Å². The lowest BCUT2D eigenvalue weighted by atomic mass is 10.2. The Bertz CT molecular complexity index is 472. The average molecular weight is 261 g/mol. The molecular weight excluding hydrogens is 256 g/mol. The summed E-state index contributed by atoms with van der Waals surface area (Å²) in [5.74, 6) is -1.27. The van der Waals surface area contributed by atoms with Gasteiger partial charge in [-0.05, 0) is 6.92 Å². The molecule has 17 heavy (non-hydrogen) atoms. The molecule has 0 aliphatic heterocycles. The van der Waals surface area contributed by atoms with Gasteiger partial charge in [0.2, 0.25) is 5.88 Å². The Morgan fingerprint density at radius 3 is 2.12 bits per heavy atom. The molecule has 1 aromatic heterocycles. The molecule has 0 saturated heterocycles. The molecule has 0 bridgehead atoms. The van der Waals surface area contributed by atoms with E-state index in [0.29, 0.717) is 0 Å². The molecule has 3 nitrogen and oxygen atoms in total. The number of hydrogen-bond acceptors (Lipinski definition) is 2. The fourth-order valence-corrected chi connectivity index (χ4v) is 0.974. The lowest BCUT2D eigenvalue weighted by molar-refractivity contribution is -0.276. The van der Waals surface area contributed by atoms with Crippen LogP contribution in [0.2, 0.25) is 0 Å². The molecule has 1 aromatic rings. The maximum atomic E-state index is 12.2. The van der Waals surface area contributed by atoms with Crippen molar-refractivity contribution in [2.75, 3.05) is 0 Å². The average Bonchev–Trinajstić information content (AvgIpc) is 2.08. The number of H-pyrrole nitrogens is 1. The minimum atomic E-state index is -5.18. The number of alkyl halides is 6. The molecule has 9 heteroatoms. The number of halogens is 6. The predicted molar refractivity (Wildman–Crippen MR) is 43.5 cm³/mol. The fourth-order valence-electron chi connectivity index (χ4n) is 0.974. The van der Waals surface area contributed by atoms with Crippen molar-refractivity contribution in [3.8, 4) is 5.88 Å². The first-order valence-corrected chi connectivity index (χ1v) is 4.07. The maximum Gasteiger partial charge on any atom is 0.574 e. The number of rotatable bonds is 1. The first-order valence-electron chi connectivity index (χ1n) is 4.07. The van der Waals surface area contributed by atoms with E-state index in [4.69, 9.17) is 0 Å². The van der Waals surface area contributed by atoms with Crippen LogP contribution in [-0.4, -0.2) is 11.3 Å². The van der Waals surface area contributed by atoms with Crippen LogP contribution in [0.25, 0.3) is 0 Å². The van der Waals surface area contributed by atoms with Crippen molar-refractivity contribution in [2.45, 2.75) is 19.5 Å². The van der Waals surface area contributed by atoms with Crippen LogP contribution >= 0.6 is 0 Å². The van der Waals surface area contributed by atoms with Crippen LogP contribution in [0.5, 0.6) is 5.88 Å². The molecule has 0 fully saturated rings. The topological polar surface area (TPSA) is 42.1 Å². The zero-order valence-corrected chi connectivity index (χ0v) is 8.16. The van der Waals surface area contributed by atoms with E-state index < -0.39 is 35.1 Å². The highest BCUT2D eigenvalue weighted by atomic mass is 19.4. The molecule has 0 aliphatic carbocycles. The minimum absolute atomic E-state index is 0.165. The Balaban J connectivity index is 3.31. The van der Waals surface area contributed by atoms with Gasteiger partial charge in [-0.25, -0.2) is 0 Å². The molecular formula is C8H5F6NO2. The van der Waals surface area contributed by atoms with E-state index in [-0.39, 0.29) is 6.07 Å². The fraction of sp³-hybridized carbons (Fsp3) is 0.375. The summed E-state index contributed by atoms with van der Waals surface area (Å²) < 4.78 is 75.5. The highest BCUT2D eigenvalue weighted by molar-refractivity contribution is 5.28. The molecule has 1 heterocycles. The molecule has 0 saturated carbocycles. The molecule has 0 unspecified atom stereocenters. The van der Waals surface area contributed by atoms with Gasteiger partial charge in [0.25, 0.3) is 0 Å². The Kier molecular flexibility index (Phi) is 3.13. The van der Waals surface area contributed by atoms with E-state index >= 15 is 0 Å². The molecule has 0 amide bonds. The zero-order valence-electron chi connectivity index (χ0n) is 8.16. The lowest BCUT2D eigenvalue weighted by Gasteiger charge is -2.13. The number of aromatic nitrogens is 1. The van der Waals surface area contributed by atoms with Crippen LogP contribution in [0.3, 0.4) is 0 Å². The van der Waals surface area contributed by atoms with Gasteiger partial charge in [0, 0.05) is 6.07 Å².